The molecule has 75 heavy (non-hydrogen) atoms. The number of amidine groups is 1. The van der Waals surface area contributed by atoms with Crippen molar-refractivity contribution in [1.29, 1.82) is 10.5 Å². The molecule has 0 aliphatic heterocycles. The van der Waals surface area contributed by atoms with Crippen LogP contribution in [-0.4, -0.2) is 70.9 Å². The maximum atomic E-state index is 12.5. The van der Waals surface area contributed by atoms with Gasteiger partial charge in [0.15, 0.2) is 46.1 Å². The van der Waals surface area contributed by atoms with Crippen LogP contribution in [0.5, 0.6) is 0 Å². The molecule has 9 aromatic rings. The van der Waals surface area contributed by atoms with Gasteiger partial charge >= 0.3 is 30.6 Å². The zero-order valence-corrected chi connectivity index (χ0v) is 38.3. The monoisotopic (exact) mass is 1110 g/mol. The van der Waals surface area contributed by atoms with E-state index in [-0.39, 0.29) is 75.4 Å². The first kappa shape index (κ1) is 54.2. The number of nitrogens with one attached hydrogen (secondary N) is 2. The normalized spacial score (nSPS) is 11.3. The van der Waals surface area contributed by atoms with Crippen LogP contribution in [0, 0.1) is 22.7 Å². The number of nitrogens with two attached hydrogens (primary N) is 2. The average molecular weight is 1110 g/mol. The molecule has 9 heterocycles. The Labute approximate surface area is 420 Å². The van der Waals surface area contributed by atoms with Gasteiger partial charge in [0.2, 0.25) is 0 Å². The summed E-state index contributed by atoms with van der Waals surface area (Å²) >= 11 is 3.09. The molecule has 0 bridgehead atoms. The molecule has 0 aliphatic rings. The molecule has 0 aromatic carbocycles. The third-order valence-electron chi connectivity index (χ3n) is 8.56. The molecule has 0 aliphatic carbocycles. The van der Waals surface area contributed by atoms with Gasteiger partial charge in [-0.2, -0.15) is 50.0 Å². The summed E-state index contributed by atoms with van der Waals surface area (Å²) in [6.07, 6.45) is 0.801. The Balaban J connectivity index is 0.000000172. The van der Waals surface area contributed by atoms with E-state index in [1.165, 1.54) is 74.0 Å². The quantitative estimate of drug-likeness (QED) is 0.0311. The van der Waals surface area contributed by atoms with Crippen molar-refractivity contribution in [2.75, 3.05) is 16.4 Å². The van der Waals surface area contributed by atoms with Crippen LogP contribution in [0.4, 0.5) is 69.2 Å². The lowest BCUT2D eigenvalue weighted by Gasteiger charge is -2.05. The number of pyridine rings is 3. The third kappa shape index (κ3) is 15.7. The van der Waals surface area contributed by atoms with E-state index in [1.54, 1.807) is 0 Å². The van der Waals surface area contributed by atoms with Gasteiger partial charge in [0.1, 0.15) is 39.5 Å². The topological polar surface area (TPSA) is 350 Å². The summed E-state index contributed by atoms with van der Waals surface area (Å²) in [4.78, 5) is 45.7. The van der Waals surface area contributed by atoms with Crippen LogP contribution in [0.3, 0.4) is 0 Å². The number of hydrogen-bond acceptors (Lipinski definition) is 22. The number of halogens is 10. The zero-order valence-electron chi connectivity index (χ0n) is 36.7. The summed E-state index contributed by atoms with van der Waals surface area (Å²) < 4.78 is 128. The Morgan fingerprint density at radius 3 is 1.24 bits per heavy atom. The molecule has 0 amide bonds. The third-order valence-corrected chi connectivity index (χ3v) is 8.97. The molecule has 23 nitrogen and oxygen atoms in total. The average Bonchev–Trinajstić information content (AvgIpc) is 4.19. The minimum Gasteiger partial charge on any atom is -0.422 e. The molecule has 0 unspecified atom stereocenters. The SMILES string of the molecule is N#Cc1cnc(Br)cn1.N#Cc1cnc(Nc2ncc(-c3ccc(C(F)(F)F)cn3)o2)cn1.N/C(=N\O)c1cnc(Nc2ncc(-c3ccc(C(F)(F)F)cn3)o2)cn1.Nc1ncc(-c2ccc(C(F)(F)F)cn2)o1. The molecule has 9 rings (SSSR count). The van der Waals surface area contributed by atoms with Crippen LogP contribution in [0.1, 0.15) is 33.8 Å². The van der Waals surface area contributed by atoms with E-state index in [0.717, 1.165) is 30.6 Å². The summed E-state index contributed by atoms with van der Waals surface area (Å²) in [5, 5.41) is 33.7. The number of nitrogen functional groups attached to an aromatic ring is 1. The second-order valence-corrected chi connectivity index (χ2v) is 14.5. The minimum absolute atomic E-state index is 0.0348. The first-order valence-corrected chi connectivity index (χ1v) is 20.6. The molecule has 0 radical (unpaired) electrons. The van der Waals surface area contributed by atoms with Crippen molar-refractivity contribution in [3.63, 3.8) is 0 Å². The van der Waals surface area contributed by atoms with Crippen molar-refractivity contribution in [2.24, 2.45) is 10.9 Å². The summed E-state index contributed by atoms with van der Waals surface area (Å²) in [5.41, 5.74) is 9.36. The maximum absolute atomic E-state index is 12.5. The molecule has 0 saturated heterocycles. The van der Waals surface area contributed by atoms with Crippen molar-refractivity contribution in [1.82, 2.24) is 59.8 Å². The smallest absolute Gasteiger partial charge is 0.417 e. The van der Waals surface area contributed by atoms with Gasteiger partial charge in [0, 0.05) is 18.6 Å². The predicted molar refractivity (Wildman–Crippen MR) is 241 cm³/mol. The van der Waals surface area contributed by atoms with E-state index >= 15 is 0 Å². The lowest BCUT2D eigenvalue weighted by molar-refractivity contribution is -0.138. The second-order valence-electron chi connectivity index (χ2n) is 13.7. The number of nitriles is 2. The van der Waals surface area contributed by atoms with Crippen LogP contribution in [-0.2, 0) is 18.5 Å². The molecule has 0 spiro atoms. The van der Waals surface area contributed by atoms with Crippen LogP contribution < -0.4 is 22.1 Å². The number of rotatable bonds is 8. The standard InChI is InChI=1S/C14H10F3N7O2.C14H7F3N6O.C9H6F3N3O.C5H2BrN3/c15-14(16,17)7-1-2-8(19-3-7)10-5-22-13(26-10)23-11-6-20-9(4-21-11)12(18)24-25;15-14(16,17)8-1-2-10(20-4-8)11-6-22-13(24-11)23-12-7-19-9(3-18)5-21-12;10-9(11,12)5-1-2-6(14-3-5)7-4-15-8(13)16-7;6-5-3-8-4(1-7)2-9-5/h1-6,25H,(H2,18,24)(H,21,22,23);1-2,4-7H,(H,21,22,23);1-4H,(H2,13,15);2-3H. The largest absolute Gasteiger partial charge is 0.422 e. The zero-order chi connectivity index (χ0) is 54.3. The molecule has 0 saturated carbocycles. The molecular formula is C42H25BrF9N19O4. The predicted octanol–water partition coefficient (Wildman–Crippen LogP) is 8.99. The van der Waals surface area contributed by atoms with Crippen molar-refractivity contribution in [3.8, 4) is 46.5 Å². The maximum Gasteiger partial charge on any atom is 0.417 e. The molecule has 382 valence electrons. The van der Waals surface area contributed by atoms with Crippen LogP contribution in [0.25, 0.3) is 34.4 Å². The molecule has 0 atom stereocenters. The van der Waals surface area contributed by atoms with Crippen molar-refractivity contribution >= 4 is 51.4 Å². The van der Waals surface area contributed by atoms with Gasteiger partial charge in [-0.3, -0.25) is 25.6 Å². The van der Waals surface area contributed by atoms with Crippen molar-refractivity contribution in [2.45, 2.75) is 18.5 Å². The van der Waals surface area contributed by atoms with Crippen molar-refractivity contribution in [3.05, 3.63) is 149 Å². The van der Waals surface area contributed by atoms with Gasteiger partial charge in [-0.05, 0) is 52.3 Å². The molecule has 0 fully saturated rings. The Morgan fingerprint density at radius 2 is 0.920 bits per heavy atom. The second kappa shape index (κ2) is 23.8. The molecular weight excluding hydrogens is 1090 g/mol. The molecule has 33 heteroatoms. The number of hydrogen-bond donors (Lipinski definition) is 5. The fourth-order valence-corrected chi connectivity index (χ4v) is 5.25. The molecule has 9 aromatic heterocycles. The number of aromatic nitrogens is 12. The number of nitrogens with zero attached hydrogens (tertiary/aromatic N) is 15. The Bertz CT molecular complexity index is 3400. The lowest BCUT2D eigenvalue weighted by Crippen LogP contribution is -2.15. The van der Waals surface area contributed by atoms with Crippen LogP contribution in [0.15, 0.2) is 134 Å². The molecule has 7 N–H and O–H groups in total. The van der Waals surface area contributed by atoms with Gasteiger partial charge in [0.05, 0.1) is 72.5 Å². The number of oxazole rings is 3. The highest BCUT2D eigenvalue weighted by Crippen LogP contribution is 2.33. The van der Waals surface area contributed by atoms with E-state index in [9.17, 15) is 39.5 Å². The van der Waals surface area contributed by atoms with Crippen LogP contribution >= 0.6 is 15.9 Å². The van der Waals surface area contributed by atoms with E-state index in [0.29, 0.717) is 22.3 Å². The Hall–Kier alpha value is -10.2. The van der Waals surface area contributed by atoms with E-state index in [2.05, 4.69) is 91.5 Å². The van der Waals surface area contributed by atoms with Gasteiger partial charge in [-0.25, -0.2) is 44.9 Å². The first-order chi connectivity index (χ1) is 35.6. The highest BCUT2D eigenvalue weighted by atomic mass is 79.9. The highest BCUT2D eigenvalue weighted by Gasteiger charge is 2.32. The van der Waals surface area contributed by atoms with Gasteiger partial charge in [-0.1, -0.05) is 5.16 Å². The number of anilines is 5. The fourth-order valence-electron chi connectivity index (χ4n) is 5.04. The summed E-state index contributed by atoms with van der Waals surface area (Å²) in [6, 6.07) is 10.0. The van der Waals surface area contributed by atoms with E-state index < -0.39 is 35.2 Å². The van der Waals surface area contributed by atoms with E-state index in [1.807, 2.05) is 12.1 Å². The van der Waals surface area contributed by atoms with Crippen molar-refractivity contribution < 1.29 is 58.0 Å². The van der Waals surface area contributed by atoms with Gasteiger partial charge in [-0.15, -0.1) is 0 Å². The highest BCUT2D eigenvalue weighted by molar-refractivity contribution is 9.10. The number of alkyl halides is 9. The van der Waals surface area contributed by atoms with E-state index in [4.69, 9.17) is 40.4 Å². The number of oxime groups is 1. The minimum atomic E-state index is -4.46. The Morgan fingerprint density at radius 1 is 0.507 bits per heavy atom. The van der Waals surface area contributed by atoms with Crippen LogP contribution in [0.2, 0.25) is 0 Å². The fraction of sp³-hybridized carbons (Fsp3) is 0.0714. The summed E-state index contributed by atoms with van der Waals surface area (Å²) in [7, 11) is 0. The summed E-state index contributed by atoms with van der Waals surface area (Å²) in [6.45, 7) is 0. The van der Waals surface area contributed by atoms with Gasteiger partial charge < -0.3 is 29.9 Å². The summed E-state index contributed by atoms with van der Waals surface area (Å²) in [5.74, 6) is 0.938. The lowest BCUT2D eigenvalue weighted by atomic mass is 10.2. The first-order valence-electron chi connectivity index (χ1n) is 19.8. The Kier molecular flexibility index (Phi) is 17.2. The van der Waals surface area contributed by atoms with Gasteiger partial charge in [0.25, 0.3) is 6.01 Å².